The van der Waals surface area contributed by atoms with Gasteiger partial charge in [-0.05, 0) is 40.8 Å². The van der Waals surface area contributed by atoms with Gasteiger partial charge in [0.2, 0.25) is 0 Å². The fourth-order valence-electron chi connectivity index (χ4n) is 2.46. The highest BCUT2D eigenvalue weighted by Gasteiger charge is 2.20. The summed E-state index contributed by atoms with van der Waals surface area (Å²) in [6, 6.07) is 2.08. The van der Waals surface area contributed by atoms with Crippen LogP contribution in [0.25, 0.3) is 0 Å². The van der Waals surface area contributed by atoms with Crippen molar-refractivity contribution in [1.82, 2.24) is 4.98 Å². The topological polar surface area (TPSA) is 42.2 Å². The summed E-state index contributed by atoms with van der Waals surface area (Å²) in [6.07, 6.45) is 5.71. The summed E-state index contributed by atoms with van der Waals surface area (Å²) >= 11 is 3.45. The Hall–Kier alpha value is -0.610. The van der Waals surface area contributed by atoms with Crippen molar-refractivity contribution in [1.29, 1.82) is 0 Å². The van der Waals surface area contributed by atoms with Crippen molar-refractivity contribution in [2.45, 2.75) is 32.7 Å². The van der Waals surface area contributed by atoms with Gasteiger partial charge in [-0.2, -0.15) is 0 Å². The minimum absolute atomic E-state index is 0.551. The number of anilines is 1. The Morgan fingerprint density at radius 2 is 2.18 bits per heavy atom. The number of nitrogens with two attached hydrogens (primary N) is 1. The SMILES string of the molecule is CCC1CCN(c2ncc(Br)cc2CN)CC1. The lowest BCUT2D eigenvalue weighted by Crippen LogP contribution is -2.35. The predicted molar refractivity (Wildman–Crippen MR) is 75.1 cm³/mol. The zero-order valence-electron chi connectivity index (χ0n) is 10.3. The Labute approximate surface area is 112 Å². The molecule has 0 aromatic carbocycles. The lowest BCUT2D eigenvalue weighted by atomic mass is 9.94. The van der Waals surface area contributed by atoms with E-state index in [4.69, 9.17) is 5.73 Å². The second kappa shape index (κ2) is 5.83. The molecular weight excluding hydrogens is 278 g/mol. The molecule has 1 saturated heterocycles. The maximum absolute atomic E-state index is 5.79. The first kappa shape index (κ1) is 12.8. The molecule has 2 heterocycles. The molecule has 1 aromatic heterocycles. The van der Waals surface area contributed by atoms with Gasteiger partial charge < -0.3 is 10.6 Å². The molecule has 0 spiro atoms. The number of aromatic nitrogens is 1. The molecule has 0 amide bonds. The molecule has 1 aliphatic rings. The molecule has 3 nitrogen and oxygen atoms in total. The van der Waals surface area contributed by atoms with E-state index in [2.05, 4.69) is 38.8 Å². The van der Waals surface area contributed by atoms with Crippen LogP contribution in [0, 0.1) is 5.92 Å². The zero-order chi connectivity index (χ0) is 12.3. The van der Waals surface area contributed by atoms with Crippen molar-refractivity contribution < 1.29 is 0 Å². The van der Waals surface area contributed by atoms with E-state index in [0.29, 0.717) is 6.54 Å². The number of nitrogens with zero attached hydrogens (tertiary/aromatic N) is 2. The average Bonchev–Trinajstić information content (AvgIpc) is 2.39. The van der Waals surface area contributed by atoms with E-state index in [1.165, 1.54) is 19.3 Å². The van der Waals surface area contributed by atoms with Gasteiger partial charge in [0.25, 0.3) is 0 Å². The Balaban J connectivity index is 2.12. The van der Waals surface area contributed by atoms with E-state index in [-0.39, 0.29) is 0 Å². The molecule has 2 rings (SSSR count). The largest absolute Gasteiger partial charge is 0.356 e. The van der Waals surface area contributed by atoms with Crippen molar-refractivity contribution in [2.24, 2.45) is 11.7 Å². The summed E-state index contributed by atoms with van der Waals surface area (Å²) in [6.45, 7) is 5.05. The normalized spacial score (nSPS) is 17.5. The highest BCUT2D eigenvalue weighted by atomic mass is 79.9. The van der Waals surface area contributed by atoms with Crippen LogP contribution in [0.2, 0.25) is 0 Å². The molecule has 1 aliphatic heterocycles. The Morgan fingerprint density at radius 3 is 2.76 bits per heavy atom. The first-order valence-corrected chi connectivity index (χ1v) is 7.13. The number of hydrogen-bond acceptors (Lipinski definition) is 3. The van der Waals surface area contributed by atoms with Gasteiger partial charge in [0.1, 0.15) is 5.82 Å². The molecule has 0 atom stereocenters. The van der Waals surface area contributed by atoms with Crippen molar-refractivity contribution in [3.63, 3.8) is 0 Å². The minimum Gasteiger partial charge on any atom is -0.356 e. The maximum atomic E-state index is 5.79. The summed E-state index contributed by atoms with van der Waals surface area (Å²) in [5.74, 6) is 1.97. The first-order chi connectivity index (χ1) is 8.24. The Bertz CT molecular complexity index is 373. The minimum atomic E-state index is 0.551. The van der Waals surface area contributed by atoms with Crippen LogP contribution < -0.4 is 10.6 Å². The molecule has 17 heavy (non-hydrogen) atoms. The second-order valence-electron chi connectivity index (χ2n) is 4.68. The van der Waals surface area contributed by atoms with Crippen LogP contribution in [-0.4, -0.2) is 18.1 Å². The molecule has 0 bridgehead atoms. The summed E-state index contributed by atoms with van der Waals surface area (Å²) in [5, 5.41) is 0. The maximum Gasteiger partial charge on any atom is 0.133 e. The van der Waals surface area contributed by atoms with E-state index in [1.54, 1.807) is 0 Å². The molecule has 0 saturated carbocycles. The van der Waals surface area contributed by atoms with E-state index in [9.17, 15) is 0 Å². The molecule has 4 heteroatoms. The van der Waals surface area contributed by atoms with Crippen LogP contribution in [0.3, 0.4) is 0 Å². The van der Waals surface area contributed by atoms with Crippen LogP contribution in [0.5, 0.6) is 0 Å². The van der Waals surface area contributed by atoms with Gasteiger partial charge in [0, 0.05) is 35.9 Å². The van der Waals surface area contributed by atoms with Crippen LogP contribution in [-0.2, 0) is 6.54 Å². The third kappa shape index (κ3) is 2.99. The molecule has 1 fully saturated rings. The lowest BCUT2D eigenvalue weighted by molar-refractivity contribution is 0.393. The number of piperidine rings is 1. The van der Waals surface area contributed by atoms with Gasteiger partial charge in [-0.15, -0.1) is 0 Å². The summed E-state index contributed by atoms with van der Waals surface area (Å²) in [4.78, 5) is 6.90. The third-order valence-corrected chi connectivity index (χ3v) is 4.05. The molecular formula is C13H20BrN3. The van der Waals surface area contributed by atoms with Crippen molar-refractivity contribution in [3.8, 4) is 0 Å². The van der Waals surface area contributed by atoms with E-state index < -0.39 is 0 Å². The number of hydrogen-bond donors (Lipinski definition) is 1. The summed E-state index contributed by atoms with van der Waals surface area (Å²) in [5.41, 5.74) is 6.93. The molecule has 0 unspecified atom stereocenters. The van der Waals surface area contributed by atoms with Gasteiger partial charge in [-0.1, -0.05) is 13.3 Å². The molecule has 0 radical (unpaired) electrons. The Morgan fingerprint density at radius 1 is 1.47 bits per heavy atom. The van der Waals surface area contributed by atoms with E-state index in [0.717, 1.165) is 34.9 Å². The zero-order valence-corrected chi connectivity index (χ0v) is 11.9. The quantitative estimate of drug-likeness (QED) is 0.933. The predicted octanol–water partition coefficient (Wildman–Crippen LogP) is 2.93. The smallest absolute Gasteiger partial charge is 0.133 e. The highest BCUT2D eigenvalue weighted by molar-refractivity contribution is 9.10. The van der Waals surface area contributed by atoms with Crippen LogP contribution in [0.15, 0.2) is 16.7 Å². The van der Waals surface area contributed by atoms with E-state index >= 15 is 0 Å². The fraction of sp³-hybridized carbons (Fsp3) is 0.615. The van der Waals surface area contributed by atoms with Crippen molar-refractivity contribution >= 4 is 21.7 Å². The van der Waals surface area contributed by atoms with Gasteiger partial charge in [-0.3, -0.25) is 0 Å². The Kier molecular flexibility index (Phi) is 4.40. The first-order valence-electron chi connectivity index (χ1n) is 6.34. The van der Waals surface area contributed by atoms with Crippen molar-refractivity contribution in [3.05, 3.63) is 22.3 Å². The number of rotatable bonds is 3. The van der Waals surface area contributed by atoms with E-state index in [1.807, 2.05) is 6.20 Å². The average molecular weight is 298 g/mol. The molecule has 2 N–H and O–H groups in total. The van der Waals surface area contributed by atoms with Crippen LogP contribution in [0.1, 0.15) is 31.7 Å². The third-order valence-electron chi connectivity index (χ3n) is 3.62. The number of pyridine rings is 1. The standard InChI is InChI=1S/C13H20BrN3/c1-2-10-3-5-17(6-4-10)13-11(8-15)7-12(14)9-16-13/h7,9-10H,2-6,8,15H2,1H3. The van der Waals surface area contributed by atoms with Crippen LogP contribution in [0.4, 0.5) is 5.82 Å². The number of halogens is 1. The van der Waals surface area contributed by atoms with Crippen LogP contribution >= 0.6 is 15.9 Å². The monoisotopic (exact) mass is 297 g/mol. The van der Waals surface area contributed by atoms with Gasteiger partial charge in [0.05, 0.1) is 0 Å². The summed E-state index contributed by atoms with van der Waals surface area (Å²) in [7, 11) is 0. The van der Waals surface area contributed by atoms with Gasteiger partial charge in [0.15, 0.2) is 0 Å². The molecule has 94 valence electrons. The highest BCUT2D eigenvalue weighted by Crippen LogP contribution is 2.27. The molecule has 1 aromatic rings. The summed E-state index contributed by atoms with van der Waals surface area (Å²) < 4.78 is 1.00. The fourth-order valence-corrected chi connectivity index (χ4v) is 2.84. The molecule has 0 aliphatic carbocycles. The second-order valence-corrected chi connectivity index (χ2v) is 5.59. The van der Waals surface area contributed by atoms with Crippen molar-refractivity contribution in [2.75, 3.05) is 18.0 Å². The van der Waals surface area contributed by atoms with Gasteiger partial charge in [-0.25, -0.2) is 4.98 Å². The lowest BCUT2D eigenvalue weighted by Gasteiger charge is -2.33. The van der Waals surface area contributed by atoms with Gasteiger partial charge >= 0.3 is 0 Å².